The lowest BCUT2D eigenvalue weighted by Crippen LogP contribution is -2.51. The van der Waals surface area contributed by atoms with Crippen LogP contribution in [-0.4, -0.2) is 35.3 Å². The molecule has 2 amide bonds. The van der Waals surface area contributed by atoms with Gasteiger partial charge in [-0.15, -0.1) is 12.4 Å². The zero-order valence-electron chi connectivity index (χ0n) is 11.9. The van der Waals surface area contributed by atoms with Crippen molar-refractivity contribution in [1.29, 1.82) is 0 Å². The van der Waals surface area contributed by atoms with Crippen LogP contribution in [0.4, 0.5) is 0 Å². The number of piperidine rings is 1. The third-order valence-corrected chi connectivity index (χ3v) is 4.56. The Kier molecular flexibility index (Phi) is 6.76. The molecule has 1 saturated carbocycles. The first-order valence-corrected chi connectivity index (χ1v) is 7.44. The maximum atomic E-state index is 12.4. The molecule has 2 aliphatic rings. The fraction of sp³-hybridized carbons (Fsp3) is 0.857. The molecule has 0 radical (unpaired) electrons. The van der Waals surface area contributed by atoms with Crippen LogP contribution < -0.4 is 11.5 Å². The SMILES string of the molecule is Cl.NC(=O)C1CCCCN1C(=O)CC1CCCCC1N. The summed E-state index contributed by atoms with van der Waals surface area (Å²) in [5, 5.41) is 0. The highest BCUT2D eigenvalue weighted by Crippen LogP contribution is 2.27. The van der Waals surface area contributed by atoms with E-state index < -0.39 is 6.04 Å². The number of carbonyl (C=O) groups is 2. The maximum Gasteiger partial charge on any atom is 0.240 e. The number of hydrogen-bond acceptors (Lipinski definition) is 3. The van der Waals surface area contributed by atoms with Crippen LogP contribution in [0.15, 0.2) is 0 Å². The van der Waals surface area contributed by atoms with Gasteiger partial charge in [0.15, 0.2) is 0 Å². The van der Waals surface area contributed by atoms with Crippen LogP contribution in [0.2, 0.25) is 0 Å². The number of likely N-dealkylation sites (tertiary alicyclic amines) is 1. The highest BCUT2D eigenvalue weighted by Gasteiger charge is 2.33. The second-order valence-electron chi connectivity index (χ2n) is 5.91. The van der Waals surface area contributed by atoms with Crippen molar-refractivity contribution in [2.24, 2.45) is 17.4 Å². The molecule has 3 unspecified atom stereocenters. The summed E-state index contributed by atoms with van der Waals surface area (Å²) >= 11 is 0. The molecule has 1 heterocycles. The van der Waals surface area contributed by atoms with Gasteiger partial charge in [0.05, 0.1) is 0 Å². The molecule has 1 aliphatic heterocycles. The first-order valence-electron chi connectivity index (χ1n) is 7.44. The van der Waals surface area contributed by atoms with E-state index >= 15 is 0 Å². The molecule has 6 heteroatoms. The van der Waals surface area contributed by atoms with E-state index in [9.17, 15) is 9.59 Å². The Bertz CT molecular complexity index is 351. The Hall–Kier alpha value is -0.810. The van der Waals surface area contributed by atoms with Crippen molar-refractivity contribution in [2.45, 2.75) is 63.5 Å². The Morgan fingerprint density at radius 2 is 1.70 bits per heavy atom. The quantitative estimate of drug-likeness (QED) is 0.820. The summed E-state index contributed by atoms with van der Waals surface area (Å²) in [5.74, 6) is -0.0384. The van der Waals surface area contributed by atoms with Crippen molar-refractivity contribution in [3.05, 3.63) is 0 Å². The largest absolute Gasteiger partial charge is 0.368 e. The summed E-state index contributed by atoms with van der Waals surface area (Å²) in [6.45, 7) is 0.661. The third kappa shape index (κ3) is 4.09. The summed E-state index contributed by atoms with van der Waals surface area (Å²) in [5.41, 5.74) is 11.5. The highest BCUT2D eigenvalue weighted by molar-refractivity contribution is 5.87. The van der Waals surface area contributed by atoms with Gasteiger partial charge in [0.25, 0.3) is 0 Å². The van der Waals surface area contributed by atoms with E-state index in [0.29, 0.717) is 19.4 Å². The van der Waals surface area contributed by atoms with Gasteiger partial charge in [0.1, 0.15) is 6.04 Å². The molecule has 0 spiro atoms. The zero-order chi connectivity index (χ0) is 13.8. The fourth-order valence-electron chi connectivity index (χ4n) is 3.36. The number of hydrogen-bond donors (Lipinski definition) is 2. The summed E-state index contributed by atoms with van der Waals surface area (Å²) in [6, 6.07) is -0.268. The van der Waals surface area contributed by atoms with Crippen LogP contribution in [-0.2, 0) is 9.59 Å². The first-order chi connectivity index (χ1) is 9.09. The van der Waals surface area contributed by atoms with E-state index in [1.54, 1.807) is 4.90 Å². The fourth-order valence-corrected chi connectivity index (χ4v) is 3.36. The average molecular weight is 304 g/mol. The lowest BCUT2D eigenvalue weighted by atomic mass is 9.82. The predicted octanol–water partition coefficient (Wildman–Crippen LogP) is 1.18. The van der Waals surface area contributed by atoms with Crippen LogP contribution in [0.3, 0.4) is 0 Å². The van der Waals surface area contributed by atoms with Gasteiger partial charge in [-0.1, -0.05) is 12.8 Å². The van der Waals surface area contributed by atoms with Crippen molar-refractivity contribution in [1.82, 2.24) is 4.90 Å². The van der Waals surface area contributed by atoms with Crippen molar-refractivity contribution in [3.8, 4) is 0 Å². The van der Waals surface area contributed by atoms with Crippen molar-refractivity contribution in [3.63, 3.8) is 0 Å². The molecule has 0 aromatic carbocycles. The Morgan fingerprint density at radius 3 is 2.35 bits per heavy atom. The van der Waals surface area contributed by atoms with Gasteiger partial charge in [-0.05, 0) is 38.0 Å². The molecular weight excluding hydrogens is 278 g/mol. The molecular formula is C14H26ClN3O2. The average Bonchev–Trinajstić information content (AvgIpc) is 2.41. The van der Waals surface area contributed by atoms with Crippen molar-refractivity contribution in [2.75, 3.05) is 6.54 Å². The van der Waals surface area contributed by atoms with E-state index in [1.807, 2.05) is 0 Å². The summed E-state index contributed by atoms with van der Waals surface area (Å²) < 4.78 is 0. The number of primary amides is 1. The smallest absolute Gasteiger partial charge is 0.240 e. The molecule has 116 valence electrons. The monoisotopic (exact) mass is 303 g/mol. The van der Waals surface area contributed by atoms with Gasteiger partial charge >= 0.3 is 0 Å². The summed E-state index contributed by atoms with van der Waals surface area (Å²) in [4.78, 5) is 25.5. The molecule has 20 heavy (non-hydrogen) atoms. The van der Waals surface area contributed by atoms with Gasteiger partial charge in [0.2, 0.25) is 11.8 Å². The van der Waals surface area contributed by atoms with Crippen LogP contribution in [0.25, 0.3) is 0 Å². The van der Waals surface area contributed by atoms with E-state index in [2.05, 4.69) is 0 Å². The van der Waals surface area contributed by atoms with Crippen molar-refractivity contribution < 1.29 is 9.59 Å². The maximum absolute atomic E-state index is 12.4. The Labute approximate surface area is 126 Å². The predicted molar refractivity (Wildman–Crippen MR) is 80.3 cm³/mol. The molecule has 2 rings (SSSR count). The molecule has 0 aromatic rings. The second-order valence-corrected chi connectivity index (χ2v) is 5.91. The minimum absolute atomic E-state index is 0. The molecule has 2 fully saturated rings. The summed E-state index contributed by atoms with van der Waals surface area (Å²) in [6.07, 6.45) is 7.48. The third-order valence-electron chi connectivity index (χ3n) is 4.56. The van der Waals surface area contributed by atoms with Crippen LogP contribution in [0.5, 0.6) is 0 Å². The van der Waals surface area contributed by atoms with E-state index in [4.69, 9.17) is 11.5 Å². The minimum Gasteiger partial charge on any atom is -0.368 e. The molecule has 4 N–H and O–H groups in total. The second kappa shape index (κ2) is 7.84. The molecule has 5 nitrogen and oxygen atoms in total. The van der Waals surface area contributed by atoms with E-state index in [-0.39, 0.29) is 36.2 Å². The number of rotatable bonds is 3. The zero-order valence-corrected chi connectivity index (χ0v) is 12.7. The van der Waals surface area contributed by atoms with E-state index in [0.717, 1.165) is 32.1 Å². The van der Waals surface area contributed by atoms with Gasteiger partial charge in [-0.3, -0.25) is 9.59 Å². The molecule has 0 aromatic heterocycles. The van der Waals surface area contributed by atoms with Gasteiger partial charge in [-0.25, -0.2) is 0 Å². The number of nitrogens with two attached hydrogens (primary N) is 2. The van der Waals surface area contributed by atoms with Crippen molar-refractivity contribution >= 4 is 24.2 Å². The number of halogens is 1. The first kappa shape index (κ1) is 17.2. The standard InChI is InChI=1S/C14H25N3O2.ClH/c15-11-6-2-1-5-10(11)9-13(18)17-8-4-3-7-12(17)14(16)19;/h10-12H,1-9,15H2,(H2,16,19);1H. The van der Waals surface area contributed by atoms with E-state index in [1.165, 1.54) is 6.42 Å². The topological polar surface area (TPSA) is 89.4 Å². The number of carbonyl (C=O) groups excluding carboxylic acids is 2. The molecule has 3 atom stereocenters. The normalized spacial score (nSPS) is 30.4. The van der Waals surface area contributed by atoms with Gasteiger partial charge in [0, 0.05) is 19.0 Å². The number of amides is 2. The lowest BCUT2D eigenvalue weighted by Gasteiger charge is -2.36. The van der Waals surface area contributed by atoms with Crippen LogP contribution >= 0.6 is 12.4 Å². The van der Waals surface area contributed by atoms with Gasteiger partial charge in [-0.2, -0.15) is 0 Å². The molecule has 1 aliphatic carbocycles. The Morgan fingerprint density at radius 1 is 1.05 bits per heavy atom. The molecule has 1 saturated heterocycles. The van der Waals surface area contributed by atoms with Crippen LogP contribution in [0, 0.1) is 5.92 Å². The lowest BCUT2D eigenvalue weighted by molar-refractivity contribution is -0.142. The Balaban J connectivity index is 0.00000200. The van der Waals surface area contributed by atoms with Gasteiger partial charge < -0.3 is 16.4 Å². The molecule has 0 bridgehead atoms. The number of nitrogens with zero attached hydrogens (tertiary/aromatic N) is 1. The van der Waals surface area contributed by atoms with Crippen LogP contribution in [0.1, 0.15) is 51.4 Å². The minimum atomic E-state index is -0.402. The highest BCUT2D eigenvalue weighted by atomic mass is 35.5. The summed E-state index contributed by atoms with van der Waals surface area (Å²) in [7, 11) is 0.